The Morgan fingerprint density at radius 2 is 1.58 bits per heavy atom. The van der Waals surface area contributed by atoms with Crippen molar-refractivity contribution in [2.75, 3.05) is 11.9 Å². The van der Waals surface area contributed by atoms with Gasteiger partial charge in [0.15, 0.2) is 6.61 Å². The number of esters is 1. The predicted octanol–water partition coefficient (Wildman–Crippen LogP) is 3.83. The number of carbonyl (C=O) groups is 4. The molecule has 1 aliphatic heterocycles. The number of hydrogen-bond donors (Lipinski definition) is 1. The van der Waals surface area contributed by atoms with E-state index in [-0.39, 0.29) is 23.1 Å². The van der Waals surface area contributed by atoms with Crippen LogP contribution in [0.25, 0.3) is 0 Å². The van der Waals surface area contributed by atoms with E-state index in [9.17, 15) is 19.2 Å². The summed E-state index contributed by atoms with van der Waals surface area (Å²) in [4.78, 5) is 52.2. The Balaban J connectivity index is 1.63. The van der Waals surface area contributed by atoms with Crippen LogP contribution in [-0.2, 0) is 29.3 Å². The van der Waals surface area contributed by atoms with Crippen molar-refractivity contribution >= 4 is 29.4 Å². The van der Waals surface area contributed by atoms with Crippen LogP contribution in [-0.4, -0.2) is 41.2 Å². The SMILES string of the molecule is CC(C)C[C@H](C(=O)OCC(=O)Nc1ccc(C(C)(C)C)cc1)N1C(=O)[C@H]2CC=CC[C@@H]2C1=O. The molecule has 3 atom stereocenters. The number of ether oxygens (including phenoxy) is 1. The van der Waals surface area contributed by atoms with Crippen molar-refractivity contribution in [3.63, 3.8) is 0 Å². The zero-order valence-corrected chi connectivity index (χ0v) is 20.1. The zero-order valence-electron chi connectivity index (χ0n) is 20.1. The third-order valence-electron chi connectivity index (χ3n) is 6.20. The van der Waals surface area contributed by atoms with E-state index in [1.807, 2.05) is 38.1 Å². The van der Waals surface area contributed by atoms with Crippen molar-refractivity contribution < 1.29 is 23.9 Å². The standard InChI is InChI=1S/C26H34N2O5/c1-16(2)14-21(28-23(30)19-8-6-7-9-20(19)24(28)31)25(32)33-15-22(29)27-18-12-10-17(11-13-18)26(3,4)5/h6-7,10-13,16,19-21H,8-9,14-15H2,1-5H3,(H,27,29)/t19-,20-,21+/m0/s1. The van der Waals surface area contributed by atoms with E-state index in [1.54, 1.807) is 12.1 Å². The van der Waals surface area contributed by atoms with Gasteiger partial charge < -0.3 is 10.1 Å². The molecule has 0 saturated carbocycles. The summed E-state index contributed by atoms with van der Waals surface area (Å²) in [6.07, 6.45) is 5.12. The molecule has 1 aliphatic carbocycles. The lowest BCUT2D eigenvalue weighted by Gasteiger charge is -2.26. The third-order valence-corrected chi connectivity index (χ3v) is 6.20. The van der Waals surface area contributed by atoms with Crippen molar-refractivity contribution in [3.05, 3.63) is 42.0 Å². The molecule has 1 heterocycles. The molecule has 3 rings (SSSR count). The van der Waals surface area contributed by atoms with E-state index >= 15 is 0 Å². The van der Waals surface area contributed by atoms with Gasteiger partial charge in [-0.05, 0) is 48.3 Å². The zero-order chi connectivity index (χ0) is 24.3. The van der Waals surface area contributed by atoms with E-state index in [0.717, 1.165) is 10.5 Å². The molecule has 178 valence electrons. The Hall–Kier alpha value is -2.96. The number of amides is 3. The predicted molar refractivity (Wildman–Crippen MR) is 125 cm³/mol. The summed E-state index contributed by atoms with van der Waals surface area (Å²) in [6.45, 7) is 9.65. The number of likely N-dealkylation sites (tertiary alicyclic amines) is 1. The Bertz CT molecular complexity index is 916. The van der Waals surface area contributed by atoms with Gasteiger partial charge in [0.2, 0.25) is 11.8 Å². The summed E-state index contributed by atoms with van der Waals surface area (Å²) < 4.78 is 5.27. The second-order valence-electron chi connectivity index (χ2n) is 10.3. The van der Waals surface area contributed by atoms with Crippen LogP contribution in [0, 0.1) is 17.8 Å². The van der Waals surface area contributed by atoms with Crippen LogP contribution >= 0.6 is 0 Å². The van der Waals surface area contributed by atoms with Gasteiger partial charge in [-0.2, -0.15) is 0 Å². The minimum absolute atomic E-state index is 0.00149. The monoisotopic (exact) mass is 454 g/mol. The van der Waals surface area contributed by atoms with Crippen molar-refractivity contribution in [1.82, 2.24) is 4.90 Å². The van der Waals surface area contributed by atoms with Gasteiger partial charge in [-0.15, -0.1) is 0 Å². The molecule has 0 aromatic heterocycles. The van der Waals surface area contributed by atoms with Crippen LogP contribution in [0.3, 0.4) is 0 Å². The molecule has 1 aromatic carbocycles. The topological polar surface area (TPSA) is 92.8 Å². The lowest BCUT2D eigenvalue weighted by atomic mass is 9.85. The molecule has 0 radical (unpaired) electrons. The Labute approximate surface area is 195 Å². The molecular weight excluding hydrogens is 420 g/mol. The Kier molecular flexibility index (Phi) is 7.40. The molecule has 0 spiro atoms. The van der Waals surface area contributed by atoms with E-state index in [0.29, 0.717) is 24.9 Å². The number of anilines is 1. The van der Waals surface area contributed by atoms with Gasteiger partial charge in [0.1, 0.15) is 6.04 Å². The fourth-order valence-corrected chi connectivity index (χ4v) is 4.37. The van der Waals surface area contributed by atoms with Crippen LogP contribution in [0.15, 0.2) is 36.4 Å². The average Bonchev–Trinajstić information content (AvgIpc) is 3.00. The highest BCUT2D eigenvalue weighted by molar-refractivity contribution is 6.08. The number of carbonyl (C=O) groups excluding carboxylic acids is 4. The van der Waals surface area contributed by atoms with Crippen LogP contribution in [0.2, 0.25) is 0 Å². The Morgan fingerprint density at radius 3 is 2.06 bits per heavy atom. The first-order valence-corrected chi connectivity index (χ1v) is 11.6. The smallest absolute Gasteiger partial charge is 0.329 e. The molecule has 1 saturated heterocycles. The number of rotatable bonds is 7. The molecule has 7 nitrogen and oxygen atoms in total. The maximum absolute atomic E-state index is 12.9. The van der Waals surface area contributed by atoms with Gasteiger partial charge >= 0.3 is 5.97 Å². The minimum atomic E-state index is -1.02. The first-order chi connectivity index (χ1) is 15.5. The van der Waals surface area contributed by atoms with Gasteiger partial charge in [-0.1, -0.05) is 58.9 Å². The third kappa shape index (κ3) is 5.70. The first kappa shape index (κ1) is 24.7. The van der Waals surface area contributed by atoms with E-state index in [2.05, 4.69) is 26.1 Å². The maximum Gasteiger partial charge on any atom is 0.329 e. The molecule has 33 heavy (non-hydrogen) atoms. The molecule has 0 bridgehead atoms. The summed E-state index contributed by atoms with van der Waals surface area (Å²) in [7, 11) is 0. The lowest BCUT2D eigenvalue weighted by molar-refractivity contribution is -0.160. The Morgan fingerprint density at radius 1 is 1.03 bits per heavy atom. The van der Waals surface area contributed by atoms with Crippen molar-refractivity contribution in [2.45, 2.75) is 65.3 Å². The van der Waals surface area contributed by atoms with Crippen molar-refractivity contribution in [3.8, 4) is 0 Å². The van der Waals surface area contributed by atoms with Crippen molar-refractivity contribution in [1.29, 1.82) is 0 Å². The highest BCUT2D eigenvalue weighted by Gasteiger charge is 2.51. The molecule has 7 heteroatoms. The van der Waals surface area contributed by atoms with E-state index in [1.165, 1.54) is 0 Å². The summed E-state index contributed by atoms with van der Waals surface area (Å²) in [6, 6.07) is 6.48. The van der Waals surface area contributed by atoms with Gasteiger partial charge in [0, 0.05) is 5.69 Å². The number of benzene rings is 1. The molecule has 0 unspecified atom stereocenters. The largest absolute Gasteiger partial charge is 0.454 e. The second kappa shape index (κ2) is 9.89. The normalized spacial score (nSPS) is 21.2. The minimum Gasteiger partial charge on any atom is -0.454 e. The molecule has 3 amide bonds. The number of fused-ring (bicyclic) bond motifs is 1. The molecule has 2 aliphatic rings. The fraction of sp³-hybridized carbons (Fsp3) is 0.538. The number of imide groups is 1. The van der Waals surface area contributed by atoms with Crippen LogP contribution in [0.4, 0.5) is 5.69 Å². The average molecular weight is 455 g/mol. The summed E-state index contributed by atoms with van der Waals surface area (Å²) in [5.41, 5.74) is 1.74. The van der Waals surface area contributed by atoms with E-state index < -0.39 is 36.4 Å². The highest BCUT2D eigenvalue weighted by Crippen LogP contribution is 2.37. The molecule has 1 N–H and O–H groups in total. The number of allylic oxidation sites excluding steroid dienone is 2. The highest BCUT2D eigenvalue weighted by atomic mass is 16.5. The summed E-state index contributed by atoms with van der Waals surface area (Å²) in [5, 5.41) is 2.71. The lowest BCUT2D eigenvalue weighted by Crippen LogP contribution is -2.47. The van der Waals surface area contributed by atoms with Crippen LogP contribution < -0.4 is 5.32 Å². The van der Waals surface area contributed by atoms with Crippen LogP contribution in [0.5, 0.6) is 0 Å². The number of nitrogens with one attached hydrogen (secondary N) is 1. The van der Waals surface area contributed by atoms with Gasteiger partial charge in [0.25, 0.3) is 5.91 Å². The quantitative estimate of drug-likeness (QED) is 0.384. The van der Waals surface area contributed by atoms with Gasteiger partial charge in [0.05, 0.1) is 11.8 Å². The van der Waals surface area contributed by atoms with Gasteiger partial charge in [-0.3, -0.25) is 19.3 Å². The van der Waals surface area contributed by atoms with Crippen LogP contribution in [0.1, 0.15) is 59.4 Å². The maximum atomic E-state index is 12.9. The van der Waals surface area contributed by atoms with E-state index in [4.69, 9.17) is 4.74 Å². The van der Waals surface area contributed by atoms with Gasteiger partial charge in [-0.25, -0.2) is 4.79 Å². The fourth-order valence-electron chi connectivity index (χ4n) is 4.37. The summed E-state index contributed by atoms with van der Waals surface area (Å²) in [5.74, 6) is -2.62. The molecular formula is C26H34N2O5. The number of hydrogen-bond acceptors (Lipinski definition) is 5. The summed E-state index contributed by atoms with van der Waals surface area (Å²) >= 11 is 0. The first-order valence-electron chi connectivity index (χ1n) is 11.6. The second-order valence-corrected chi connectivity index (χ2v) is 10.3. The molecule has 1 aromatic rings. The number of nitrogens with zero attached hydrogens (tertiary/aromatic N) is 1. The molecule has 1 fully saturated rings. The van der Waals surface area contributed by atoms with Crippen molar-refractivity contribution in [2.24, 2.45) is 17.8 Å².